The summed E-state index contributed by atoms with van der Waals surface area (Å²) in [5.74, 6) is -5.27. The molecule has 3 aliphatic heterocycles. The zero-order valence-electron chi connectivity index (χ0n) is 41.7. The molecule has 0 spiro atoms. The van der Waals surface area contributed by atoms with E-state index in [4.69, 9.17) is 37.9 Å². The Labute approximate surface area is 392 Å². The quantitative estimate of drug-likeness (QED) is 0.148. The van der Waals surface area contributed by atoms with Gasteiger partial charge in [0, 0.05) is 43.9 Å². The molecular formula is C48H82N2O16. The smallest absolute Gasteiger partial charge is 0.308 e. The molecule has 2 fully saturated rings. The second-order valence-corrected chi connectivity index (χ2v) is 19.7. The first-order chi connectivity index (χ1) is 30.9. The van der Waals surface area contributed by atoms with Crippen molar-refractivity contribution in [2.24, 2.45) is 23.7 Å². The number of nitrogens with one attached hydrogen (secondary N) is 1. The van der Waals surface area contributed by atoms with Crippen LogP contribution in [0.5, 0.6) is 0 Å². The van der Waals surface area contributed by atoms with Gasteiger partial charge in [-0.1, -0.05) is 45.4 Å². The first-order valence-corrected chi connectivity index (χ1v) is 23.5. The predicted octanol–water partition coefficient (Wildman–Crippen LogP) is 2.99. The second-order valence-electron chi connectivity index (χ2n) is 19.7. The first-order valence-electron chi connectivity index (χ1n) is 23.5. The molecule has 0 aliphatic carbocycles. The Hall–Kier alpha value is -2.88. The molecule has 66 heavy (non-hydrogen) atoms. The number of aliphatic hydroxyl groups excluding tert-OH is 4. The Kier molecular flexibility index (Phi) is 22.8. The lowest BCUT2D eigenvalue weighted by Gasteiger charge is -2.47. The number of carbonyl (C=O) groups is 4. The summed E-state index contributed by atoms with van der Waals surface area (Å²) in [4.78, 5) is 56.8. The third-order valence-corrected chi connectivity index (χ3v) is 12.7. The number of methoxy groups -OCH3 is 2. The van der Waals surface area contributed by atoms with Gasteiger partial charge in [0.05, 0.1) is 49.6 Å². The number of carbonyl (C=O) groups excluding carboxylic acids is 4. The topological polar surface area (TPSA) is 238 Å². The van der Waals surface area contributed by atoms with E-state index in [1.165, 1.54) is 20.3 Å². The maximum atomic E-state index is 14.1. The molecular weight excluding hydrogens is 861 g/mol. The summed E-state index contributed by atoms with van der Waals surface area (Å²) in [6.45, 7) is 17.5. The predicted molar refractivity (Wildman–Crippen MR) is 243 cm³/mol. The fourth-order valence-electron chi connectivity index (χ4n) is 8.99. The number of rotatable bonds is 15. The Morgan fingerprint density at radius 3 is 2.09 bits per heavy atom. The van der Waals surface area contributed by atoms with Gasteiger partial charge in [-0.3, -0.25) is 19.2 Å². The van der Waals surface area contributed by atoms with Crippen LogP contribution in [0.4, 0.5) is 0 Å². The number of esters is 2. The van der Waals surface area contributed by atoms with Gasteiger partial charge in [0.15, 0.2) is 24.5 Å². The van der Waals surface area contributed by atoms with E-state index in [0.29, 0.717) is 18.4 Å². The molecule has 1 amide bonds. The van der Waals surface area contributed by atoms with Crippen LogP contribution in [0.3, 0.4) is 0 Å². The maximum Gasteiger partial charge on any atom is 0.308 e. The molecule has 3 aliphatic rings. The first kappa shape index (κ1) is 57.4. The molecule has 18 atom stereocenters. The minimum Gasteiger partial charge on any atom is -0.462 e. The lowest BCUT2D eigenvalue weighted by Crippen LogP contribution is -2.63. The number of likely N-dealkylation sites (N-methyl/N-ethyl adjacent to an activating group) is 1. The lowest BCUT2D eigenvalue weighted by molar-refractivity contribution is -0.304. The molecule has 18 nitrogen and oxygen atoms in total. The Morgan fingerprint density at radius 2 is 1.52 bits per heavy atom. The number of hydrogen-bond donors (Lipinski definition) is 5. The minimum absolute atomic E-state index is 0.0286. The van der Waals surface area contributed by atoms with Crippen LogP contribution < -0.4 is 5.32 Å². The van der Waals surface area contributed by atoms with Crippen LogP contribution in [0, 0.1) is 23.7 Å². The largest absolute Gasteiger partial charge is 0.462 e. The van der Waals surface area contributed by atoms with E-state index in [1.54, 1.807) is 80.5 Å². The van der Waals surface area contributed by atoms with Crippen molar-refractivity contribution >= 4 is 23.6 Å². The second kappa shape index (κ2) is 26.2. The number of ketones is 1. The zero-order valence-corrected chi connectivity index (χ0v) is 41.7. The van der Waals surface area contributed by atoms with Crippen molar-refractivity contribution < 1.29 is 77.5 Å². The van der Waals surface area contributed by atoms with Gasteiger partial charge in [-0.05, 0) is 93.3 Å². The summed E-state index contributed by atoms with van der Waals surface area (Å²) in [5, 5.41) is 48.3. The third-order valence-electron chi connectivity index (χ3n) is 12.7. The molecule has 1 unspecified atom stereocenters. The number of aliphatic hydroxyl groups is 4. The van der Waals surface area contributed by atoms with Gasteiger partial charge < -0.3 is 68.5 Å². The van der Waals surface area contributed by atoms with Gasteiger partial charge in [0.1, 0.15) is 30.5 Å². The van der Waals surface area contributed by atoms with Gasteiger partial charge >= 0.3 is 11.9 Å². The molecule has 5 N–H and O–H groups in total. The Bertz CT molecular complexity index is 1620. The fraction of sp³-hybridized carbons (Fsp3) is 0.833. The number of hydrogen-bond acceptors (Lipinski definition) is 17. The maximum absolute atomic E-state index is 14.1. The average Bonchev–Trinajstić information content (AvgIpc) is 3.23. The highest BCUT2D eigenvalue weighted by Crippen LogP contribution is 2.36. The zero-order chi connectivity index (χ0) is 49.8. The summed E-state index contributed by atoms with van der Waals surface area (Å²) < 4.78 is 48.2. The van der Waals surface area contributed by atoms with Crippen molar-refractivity contribution in [2.75, 3.05) is 34.9 Å². The molecule has 2 saturated heterocycles. The van der Waals surface area contributed by atoms with Gasteiger partial charge in [-0.15, -0.1) is 0 Å². The van der Waals surface area contributed by atoms with E-state index >= 15 is 0 Å². The normalized spacial score (nSPS) is 38.5. The highest BCUT2D eigenvalue weighted by molar-refractivity contribution is 5.91. The molecule has 0 aromatic carbocycles. The van der Waals surface area contributed by atoms with Crippen LogP contribution in [0.15, 0.2) is 23.8 Å². The molecule has 3 heterocycles. The molecule has 0 aromatic rings. The summed E-state index contributed by atoms with van der Waals surface area (Å²) in [7, 11) is 6.31. The standard InChI is InChI=1S/C48H82N2O16/c1-15-17-36(53)65-35(45(58)49-48(8,9)10)22-30-21-26(4)32(51)19-18-25(3)20-31(24-61-47-44(60-14)43(59-13)40(56)29(7)63-47)34(16-2)64-37(54)23-33(52)27(5)42(30)66-46-41(57)38(50(11)12)39(55)28(6)62-46/h18-20,26-31,33-35,38-44,46-47,52,55-57H,15-17,21-24H2,1-14H3,(H,49,58)/b19-18+,25-20+/t26-,27+,28-,29+,30-,31-,33-,34-,35?,38+,39-,40+,41-,42-,43+,44+,46+,47+/m1/s1. The number of allylic oxidation sites excluding steroid dienone is 3. The number of ether oxygens (including phenoxy) is 8. The van der Waals surface area contributed by atoms with E-state index < -0.39 is 139 Å². The van der Waals surface area contributed by atoms with Gasteiger partial charge in [-0.2, -0.15) is 0 Å². The van der Waals surface area contributed by atoms with E-state index in [1.807, 2.05) is 19.9 Å². The molecule has 380 valence electrons. The minimum atomic E-state index is -1.44. The van der Waals surface area contributed by atoms with Crippen molar-refractivity contribution in [3.05, 3.63) is 23.8 Å². The Morgan fingerprint density at radius 1 is 0.894 bits per heavy atom. The van der Waals surface area contributed by atoms with E-state index in [-0.39, 0.29) is 31.7 Å². The van der Waals surface area contributed by atoms with Crippen molar-refractivity contribution in [3.63, 3.8) is 0 Å². The summed E-state index contributed by atoms with van der Waals surface area (Å²) in [5.41, 5.74) is -0.0580. The lowest BCUT2D eigenvalue weighted by atomic mass is 9.78. The Balaban J connectivity index is 2.15. The van der Waals surface area contributed by atoms with Crippen molar-refractivity contribution in [1.82, 2.24) is 10.2 Å². The van der Waals surface area contributed by atoms with Crippen LogP contribution in [0.1, 0.15) is 108 Å². The third kappa shape index (κ3) is 16.1. The van der Waals surface area contributed by atoms with Crippen LogP contribution in [0.2, 0.25) is 0 Å². The molecule has 0 saturated carbocycles. The monoisotopic (exact) mass is 943 g/mol. The van der Waals surface area contributed by atoms with E-state index in [0.717, 1.165) is 0 Å². The van der Waals surface area contributed by atoms with Crippen LogP contribution in [-0.2, 0) is 57.1 Å². The van der Waals surface area contributed by atoms with Crippen LogP contribution in [-0.4, -0.2) is 175 Å². The molecule has 3 rings (SSSR count). The van der Waals surface area contributed by atoms with Gasteiger partial charge in [0.25, 0.3) is 5.91 Å². The summed E-state index contributed by atoms with van der Waals surface area (Å²) in [6, 6.07) is -0.829. The summed E-state index contributed by atoms with van der Waals surface area (Å²) >= 11 is 0. The summed E-state index contributed by atoms with van der Waals surface area (Å²) in [6.07, 6.45) is -8.35. The highest BCUT2D eigenvalue weighted by atomic mass is 16.7. The van der Waals surface area contributed by atoms with Crippen molar-refractivity contribution in [3.8, 4) is 0 Å². The average molecular weight is 943 g/mol. The molecule has 0 bridgehead atoms. The SMILES string of the molecule is CCCC(=O)OC(C[C@H]1C[C@@H](C)C(=O)/C=C/C(C)=C/[C@H](CO[C@H]2O[C@@H](C)[C@H](O)[C@H](OC)[C@@H]2OC)[C@@H](CC)OC(=O)C[C@@H](O)[C@H](C)[C@H]1O[C@@H]1O[C@H](C)[C@@H](O)[C@H](N(C)C)[C@H]1O)C(=O)NC(C)(C)C. The van der Waals surface area contributed by atoms with Gasteiger partial charge in [-0.25, -0.2) is 0 Å². The molecule has 0 aromatic heterocycles. The van der Waals surface area contributed by atoms with Gasteiger partial charge in [0.2, 0.25) is 0 Å². The molecule has 0 radical (unpaired) electrons. The highest BCUT2D eigenvalue weighted by Gasteiger charge is 2.49. The number of nitrogens with zero attached hydrogens (tertiary/aromatic N) is 1. The molecule has 18 heteroatoms. The number of amides is 1. The van der Waals surface area contributed by atoms with Crippen LogP contribution >= 0.6 is 0 Å². The fourth-order valence-corrected chi connectivity index (χ4v) is 8.99. The van der Waals surface area contributed by atoms with E-state index in [9.17, 15) is 39.6 Å². The van der Waals surface area contributed by atoms with Crippen molar-refractivity contribution in [1.29, 1.82) is 0 Å². The van der Waals surface area contributed by atoms with E-state index in [2.05, 4.69) is 5.32 Å². The van der Waals surface area contributed by atoms with Crippen LogP contribution in [0.25, 0.3) is 0 Å². The number of cyclic esters (lactones) is 1. The van der Waals surface area contributed by atoms with Crippen molar-refractivity contribution in [2.45, 2.75) is 199 Å².